The largest absolute Gasteiger partial charge is 0.370 e. The summed E-state index contributed by atoms with van der Waals surface area (Å²) in [6.45, 7) is 2.84. The Balaban J connectivity index is 2.31. The first kappa shape index (κ1) is 15.5. The summed E-state index contributed by atoms with van der Waals surface area (Å²) in [6, 6.07) is 14.5. The Kier molecular flexibility index (Phi) is 5.24. The second-order valence-electron chi connectivity index (χ2n) is 4.94. The summed E-state index contributed by atoms with van der Waals surface area (Å²) < 4.78 is 2.19. The highest BCUT2D eigenvalue weighted by Crippen LogP contribution is 2.30. The van der Waals surface area contributed by atoms with Crippen LogP contribution in [-0.4, -0.2) is 7.05 Å². The van der Waals surface area contributed by atoms with E-state index in [1.165, 1.54) is 5.56 Å². The Morgan fingerprint density at radius 3 is 2.50 bits per heavy atom. The summed E-state index contributed by atoms with van der Waals surface area (Å²) in [5.74, 6) is 0. The minimum Gasteiger partial charge on any atom is -0.370 e. The van der Waals surface area contributed by atoms with Gasteiger partial charge in [0.15, 0.2) is 0 Å². The van der Waals surface area contributed by atoms with E-state index >= 15 is 0 Å². The third kappa shape index (κ3) is 3.62. The minimum absolute atomic E-state index is 0.0137. The van der Waals surface area contributed by atoms with Crippen molar-refractivity contribution >= 4 is 37.5 Å². The molecule has 1 unspecified atom stereocenters. The van der Waals surface area contributed by atoms with Crippen molar-refractivity contribution in [2.45, 2.75) is 19.5 Å². The summed E-state index contributed by atoms with van der Waals surface area (Å²) >= 11 is 7.14. The van der Waals surface area contributed by atoms with Gasteiger partial charge in [0.25, 0.3) is 0 Å². The van der Waals surface area contributed by atoms with Crippen molar-refractivity contribution in [2.75, 3.05) is 11.9 Å². The van der Waals surface area contributed by atoms with E-state index in [1.807, 2.05) is 19.1 Å². The van der Waals surface area contributed by atoms with Gasteiger partial charge in [-0.3, -0.25) is 0 Å². The maximum Gasteiger partial charge on any atom is 0.0437 e. The van der Waals surface area contributed by atoms with E-state index in [4.69, 9.17) is 5.73 Å². The molecule has 2 N–H and O–H groups in total. The van der Waals surface area contributed by atoms with Crippen LogP contribution in [0, 0.1) is 0 Å². The third-order valence-electron chi connectivity index (χ3n) is 3.26. The van der Waals surface area contributed by atoms with E-state index in [0.29, 0.717) is 0 Å². The molecule has 2 aromatic rings. The van der Waals surface area contributed by atoms with Gasteiger partial charge in [0, 0.05) is 34.3 Å². The number of nitrogens with two attached hydrogens (primary N) is 1. The standard InChI is InChI=1S/C16H18Br2N2/c1-11(19)14-8-7-13(17)9-16(14)20(2)10-12-5-3-4-6-15(12)18/h3-9,11H,10,19H2,1-2H3. The lowest BCUT2D eigenvalue weighted by Crippen LogP contribution is -2.20. The Morgan fingerprint density at radius 2 is 1.85 bits per heavy atom. The molecule has 0 aliphatic carbocycles. The van der Waals surface area contributed by atoms with Crippen molar-refractivity contribution in [3.05, 3.63) is 62.5 Å². The highest BCUT2D eigenvalue weighted by molar-refractivity contribution is 9.10. The van der Waals surface area contributed by atoms with Gasteiger partial charge in [0.1, 0.15) is 0 Å². The molecule has 20 heavy (non-hydrogen) atoms. The van der Waals surface area contributed by atoms with E-state index in [-0.39, 0.29) is 6.04 Å². The Morgan fingerprint density at radius 1 is 1.15 bits per heavy atom. The second-order valence-corrected chi connectivity index (χ2v) is 6.71. The van der Waals surface area contributed by atoms with Gasteiger partial charge in [-0.1, -0.05) is 56.1 Å². The number of hydrogen-bond donors (Lipinski definition) is 1. The van der Waals surface area contributed by atoms with Crippen LogP contribution in [0.1, 0.15) is 24.1 Å². The topological polar surface area (TPSA) is 29.3 Å². The average molecular weight is 398 g/mol. The fraction of sp³-hybridized carbons (Fsp3) is 0.250. The summed E-state index contributed by atoms with van der Waals surface area (Å²) in [6.07, 6.45) is 0. The monoisotopic (exact) mass is 396 g/mol. The van der Waals surface area contributed by atoms with E-state index in [1.54, 1.807) is 0 Å². The number of nitrogens with zero attached hydrogens (tertiary/aromatic N) is 1. The maximum atomic E-state index is 6.07. The Hall–Kier alpha value is -0.840. The van der Waals surface area contributed by atoms with E-state index in [0.717, 1.165) is 26.7 Å². The Bertz CT molecular complexity index is 597. The van der Waals surface area contributed by atoms with Crippen molar-refractivity contribution in [3.63, 3.8) is 0 Å². The first-order valence-electron chi connectivity index (χ1n) is 6.48. The van der Waals surface area contributed by atoms with E-state index < -0.39 is 0 Å². The predicted octanol–water partition coefficient (Wildman–Crippen LogP) is 4.87. The summed E-state index contributed by atoms with van der Waals surface area (Å²) in [5.41, 5.74) is 9.64. The summed E-state index contributed by atoms with van der Waals surface area (Å²) in [4.78, 5) is 2.23. The molecular formula is C16H18Br2N2. The van der Waals surface area contributed by atoms with Crippen LogP contribution in [0.3, 0.4) is 0 Å². The number of halogens is 2. The van der Waals surface area contributed by atoms with Crippen molar-refractivity contribution in [3.8, 4) is 0 Å². The molecule has 2 nitrogen and oxygen atoms in total. The van der Waals surface area contributed by atoms with Gasteiger partial charge in [-0.2, -0.15) is 0 Å². The second kappa shape index (κ2) is 6.74. The highest BCUT2D eigenvalue weighted by Gasteiger charge is 2.12. The zero-order valence-corrected chi connectivity index (χ0v) is 14.8. The first-order chi connectivity index (χ1) is 9.49. The van der Waals surface area contributed by atoms with Crippen LogP contribution in [-0.2, 0) is 6.54 Å². The number of anilines is 1. The van der Waals surface area contributed by atoms with Crippen LogP contribution in [0.5, 0.6) is 0 Å². The zero-order chi connectivity index (χ0) is 14.7. The van der Waals surface area contributed by atoms with Gasteiger partial charge in [0.05, 0.1) is 0 Å². The fourth-order valence-corrected chi connectivity index (χ4v) is 2.96. The van der Waals surface area contributed by atoms with Gasteiger partial charge in [0.2, 0.25) is 0 Å². The number of hydrogen-bond acceptors (Lipinski definition) is 2. The summed E-state index contributed by atoms with van der Waals surface area (Å²) in [5, 5.41) is 0. The van der Waals surface area contributed by atoms with Crippen molar-refractivity contribution in [1.82, 2.24) is 0 Å². The van der Waals surface area contributed by atoms with Crippen molar-refractivity contribution in [2.24, 2.45) is 5.73 Å². The molecule has 0 saturated heterocycles. The predicted molar refractivity (Wildman–Crippen MR) is 93.0 cm³/mol. The molecule has 4 heteroatoms. The molecule has 0 saturated carbocycles. The van der Waals surface area contributed by atoms with E-state index in [9.17, 15) is 0 Å². The van der Waals surface area contributed by atoms with Gasteiger partial charge in [-0.25, -0.2) is 0 Å². The normalized spacial score (nSPS) is 12.2. The highest BCUT2D eigenvalue weighted by atomic mass is 79.9. The molecule has 0 radical (unpaired) electrons. The van der Waals surface area contributed by atoms with Crippen LogP contribution in [0.25, 0.3) is 0 Å². The molecule has 2 aromatic carbocycles. The molecule has 106 valence electrons. The van der Waals surface area contributed by atoms with Gasteiger partial charge in [-0.15, -0.1) is 0 Å². The molecule has 0 aromatic heterocycles. The smallest absolute Gasteiger partial charge is 0.0437 e. The molecule has 2 rings (SSSR count). The average Bonchev–Trinajstić information content (AvgIpc) is 2.40. The molecule has 0 heterocycles. The molecular weight excluding hydrogens is 380 g/mol. The molecule has 0 aliphatic rings. The minimum atomic E-state index is 0.0137. The van der Waals surface area contributed by atoms with Crippen molar-refractivity contribution in [1.29, 1.82) is 0 Å². The van der Waals surface area contributed by atoms with Gasteiger partial charge < -0.3 is 10.6 Å². The van der Waals surface area contributed by atoms with Gasteiger partial charge >= 0.3 is 0 Å². The first-order valence-corrected chi connectivity index (χ1v) is 8.07. The van der Waals surface area contributed by atoms with Crippen LogP contribution >= 0.6 is 31.9 Å². The lowest BCUT2D eigenvalue weighted by molar-refractivity contribution is 0.800. The Labute approximate surface area is 137 Å². The van der Waals surface area contributed by atoms with Crippen LogP contribution in [0.2, 0.25) is 0 Å². The molecule has 0 fully saturated rings. The molecule has 0 aliphatic heterocycles. The number of benzene rings is 2. The quantitative estimate of drug-likeness (QED) is 0.797. The molecule has 0 amide bonds. The SMILES string of the molecule is CC(N)c1ccc(Br)cc1N(C)Cc1ccccc1Br. The maximum absolute atomic E-state index is 6.07. The fourth-order valence-electron chi connectivity index (χ4n) is 2.20. The van der Waals surface area contributed by atoms with Crippen LogP contribution in [0.15, 0.2) is 51.4 Å². The van der Waals surface area contributed by atoms with Crippen LogP contribution < -0.4 is 10.6 Å². The zero-order valence-electron chi connectivity index (χ0n) is 11.6. The molecule has 0 bridgehead atoms. The third-order valence-corrected chi connectivity index (χ3v) is 4.53. The lowest BCUT2D eigenvalue weighted by atomic mass is 10.1. The van der Waals surface area contributed by atoms with Gasteiger partial charge in [-0.05, 0) is 36.2 Å². The molecule has 1 atom stereocenters. The summed E-state index contributed by atoms with van der Waals surface area (Å²) in [7, 11) is 2.09. The number of rotatable bonds is 4. The lowest BCUT2D eigenvalue weighted by Gasteiger charge is -2.25. The van der Waals surface area contributed by atoms with Crippen LogP contribution in [0.4, 0.5) is 5.69 Å². The molecule has 0 spiro atoms. The van der Waals surface area contributed by atoms with Crippen molar-refractivity contribution < 1.29 is 0 Å². The van der Waals surface area contributed by atoms with E-state index in [2.05, 4.69) is 74.1 Å².